The van der Waals surface area contributed by atoms with Gasteiger partial charge in [-0.3, -0.25) is 4.79 Å². The van der Waals surface area contributed by atoms with Crippen LogP contribution in [0.3, 0.4) is 0 Å². The van der Waals surface area contributed by atoms with Crippen LogP contribution in [-0.4, -0.2) is 23.1 Å². The SMILES string of the molecule is NC(=O)c1ccc(Cl)cc1B(O)O. The zero-order valence-electron chi connectivity index (χ0n) is 6.57. The molecule has 1 amide bonds. The summed E-state index contributed by atoms with van der Waals surface area (Å²) in [4.78, 5) is 10.8. The predicted octanol–water partition coefficient (Wildman–Crippen LogP) is -0.881. The summed E-state index contributed by atoms with van der Waals surface area (Å²) in [6.07, 6.45) is 0. The minimum Gasteiger partial charge on any atom is -0.423 e. The lowest BCUT2D eigenvalue weighted by Gasteiger charge is -2.05. The Morgan fingerprint density at radius 3 is 2.54 bits per heavy atom. The lowest BCUT2D eigenvalue weighted by atomic mass is 9.77. The highest BCUT2D eigenvalue weighted by molar-refractivity contribution is 6.60. The topological polar surface area (TPSA) is 83.6 Å². The van der Waals surface area contributed by atoms with Crippen molar-refractivity contribution in [3.63, 3.8) is 0 Å². The Labute approximate surface area is 80.1 Å². The van der Waals surface area contributed by atoms with Crippen molar-refractivity contribution in [1.82, 2.24) is 0 Å². The monoisotopic (exact) mass is 199 g/mol. The van der Waals surface area contributed by atoms with E-state index in [1.807, 2.05) is 0 Å². The van der Waals surface area contributed by atoms with Crippen molar-refractivity contribution < 1.29 is 14.8 Å². The molecule has 0 aliphatic heterocycles. The first-order valence-electron chi connectivity index (χ1n) is 3.47. The molecule has 0 aromatic heterocycles. The van der Waals surface area contributed by atoms with E-state index in [1.54, 1.807) is 0 Å². The quantitative estimate of drug-likeness (QED) is 0.541. The van der Waals surface area contributed by atoms with Crippen LogP contribution in [-0.2, 0) is 0 Å². The fourth-order valence-electron chi connectivity index (χ4n) is 0.972. The maximum atomic E-state index is 10.8. The standard InChI is InChI=1S/C7H7BClNO3/c9-4-1-2-5(7(10)11)6(3-4)8(12)13/h1-3,12-13H,(H2,10,11). The first-order chi connectivity index (χ1) is 6.02. The van der Waals surface area contributed by atoms with Gasteiger partial charge in [0.2, 0.25) is 5.91 Å². The van der Waals surface area contributed by atoms with Crippen LogP contribution in [0.4, 0.5) is 0 Å². The summed E-state index contributed by atoms with van der Waals surface area (Å²) >= 11 is 5.59. The number of hydrogen-bond acceptors (Lipinski definition) is 3. The molecule has 0 bridgehead atoms. The van der Waals surface area contributed by atoms with Gasteiger partial charge < -0.3 is 15.8 Å². The van der Waals surface area contributed by atoms with Crippen LogP contribution in [0.1, 0.15) is 10.4 Å². The van der Waals surface area contributed by atoms with Gasteiger partial charge in [0, 0.05) is 10.6 Å². The molecule has 0 fully saturated rings. The smallest absolute Gasteiger partial charge is 0.423 e. The molecule has 1 rings (SSSR count). The Kier molecular flexibility index (Phi) is 2.92. The van der Waals surface area contributed by atoms with Gasteiger partial charge in [-0.2, -0.15) is 0 Å². The molecule has 0 aliphatic rings. The van der Waals surface area contributed by atoms with Gasteiger partial charge in [-0.05, 0) is 23.7 Å². The van der Waals surface area contributed by atoms with Crippen molar-refractivity contribution >= 4 is 30.1 Å². The average molecular weight is 199 g/mol. The van der Waals surface area contributed by atoms with Crippen molar-refractivity contribution in [2.24, 2.45) is 5.73 Å². The number of benzene rings is 1. The molecule has 6 heteroatoms. The van der Waals surface area contributed by atoms with E-state index < -0.39 is 13.0 Å². The Morgan fingerprint density at radius 2 is 2.08 bits per heavy atom. The molecule has 1 aromatic carbocycles. The molecule has 13 heavy (non-hydrogen) atoms. The molecular formula is C7H7BClNO3. The molecule has 1 aromatic rings. The summed E-state index contributed by atoms with van der Waals surface area (Å²) in [5.41, 5.74) is 5.07. The van der Waals surface area contributed by atoms with Crippen molar-refractivity contribution in [3.8, 4) is 0 Å². The van der Waals surface area contributed by atoms with E-state index in [0.717, 1.165) is 0 Å². The largest absolute Gasteiger partial charge is 0.489 e. The molecule has 0 saturated heterocycles. The number of carbonyl (C=O) groups is 1. The van der Waals surface area contributed by atoms with Crippen molar-refractivity contribution in [2.75, 3.05) is 0 Å². The van der Waals surface area contributed by atoms with Crippen molar-refractivity contribution in [1.29, 1.82) is 0 Å². The van der Waals surface area contributed by atoms with Crippen molar-refractivity contribution in [3.05, 3.63) is 28.8 Å². The van der Waals surface area contributed by atoms with E-state index in [0.29, 0.717) is 5.02 Å². The molecule has 4 nitrogen and oxygen atoms in total. The summed E-state index contributed by atoms with van der Waals surface area (Å²) in [7, 11) is -1.75. The summed E-state index contributed by atoms with van der Waals surface area (Å²) in [6.45, 7) is 0. The lowest BCUT2D eigenvalue weighted by molar-refractivity contribution is 0.100. The molecule has 4 N–H and O–H groups in total. The predicted molar refractivity (Wildman–Crippen MR) is 49.8 cm³/mol. The fraction of sp³-hybridized carbons (Fsp3) is 0. The zero-order valence-corrected chi connectivity index (χ0v) is 7.32. The molecule has 0 radical (unpaired) electrons. The van der Waals surface area contributed by atoms with Gasteiger partial charge >= 0.3 is 7.12 Å². The van der Waals surface area contributed by atoms with E-state index in [9.17, 15) is 4.79 Å². The minimum atomic E-state index is -1.75. The summed E-state index contributed by atoms with van der Waals surface area (Å²) in [6, 6.07) is 4.08. The molecular weight excluding hydrogens is 192 g/mol. The van der Waals surface area contributed by atoms with Gasteiger partial charge in [-0.1, -0.05) is 11.6 Å². The van der Waals surface area contributed by atoms with Gasteiger partial charge in [0.1, 0.15) is 0 Å². The van der Waals surface area contributed by atoms with Crippen LogP contribution in [0.15, 0.2) is 18.2 Å². The second-order valence-corrected chi connectivity index (χ2v) is 2.91. The highest BCUT2D eigenvalue weighted by Crippen LogP contribution is 2.07. The van der Waals surface area contributed by atoms with Crippen LogP contribution in [0.25, 0.3) is 0 Å². The van der Waals surface area contributed by atoms with Crippen LogP contribution in [0.5, 0.6) is 0 Å². The Hall–Kier alpha value is -1.04. The summed E-state index contributed by atoms with van der Waals surface area (Å²) in [5, 5.41) is 18.0. The number of halogens is 1. The number of rotatable bonds is 2. The fourth-order valence-corrected chi connectivity index (χ4v) is 1.15. The van der Waals surface area contributed by atoms with Gasteiger partial charge in [0.15, 0.2) is 0 Å². The zero-order chi connectivity index (χ0) is 10.0. The number of amides is 1. The second-order valence-electron chi connectivity index (χ2n) is 2.47. The minimum absolute atomic E-state index is 0.0139. The highest BCUT2D eigenvalue weighted by atomic mass is 35.5. The average Bonchev–Trinajstić information content (AvgIpc) is 2.03. The molecule has 0 spiro atoms. The first kappa shape index (κ1) is 10.0. The highest BCUT2D eigenvalue weighted by Gasteiger charge is 2.18. The molecule has 0 unspecified atom stereocenters. The number of carbonyl (C=O) groups excluding carboxylic acids is 1. The normalized spacial score (nSPS) is 9.77. The maximum absolute atomic E-state index is 10.8. The second kappa shape index (κ2) is 3.78. The molecule has 68 valence electrons. The van der Waals surface area contributed by atoms with E-state index in [-0.39, 0.29) is 11.0 Å². The number of primary amides is 1. The Balaban J connectivity index is 3.26. The Bertz CT molecular complexity index is 343. The van der Waals surface area contributed by atoms with Gasteiger partial charge in [0.05, 0.1) is 0 Å². The third-order valence-electron chi connectivity index (χ3n) is 1.56. The van der Waals surface area contributed by atoms with E-state index in [2.05, 4.69) is 0 Å². The van der Waals surface area contributed by atoms with E-state index >= 15 is 0 Å². The van der Waals surface area contributed by atoms with Crippen LogP contribution < -0.4 is 11.2 Å². The number of nitrogens with two attached hydrogens (primary N) is 1. The molecule has 0 heterocycles. The van der Waals surface area contributed by atoms with Gasteiger partial charge in [0.25, 0.3) is 0 Å². The summed E-state index contributed by atoms with van der Waals surface area (Å²) < 4.78 is 0. The van der Waals surface area contributed by atoms with E-state index in [1.165, 1.54) is 18.2 Å². The van der Waals surface area contributed by atoms with E-state index in [4.69, 9.17) is 27.4 Å². The summed E-state index contributed by atoms with van der Waals surface area (Å²) in [5.74, 6) is -0.722. The van der Waals surface area contributed by atoms with Crippen molar-refractivity contribution in [2.45, 2.75) is 0 Å². The third-order valence-corrected chi connectivity index (χ3v) is 1.79. The van der Waals surface area contributed by atoms with Gasteiger partial charge in [-0.15, -0.1) is 0 Å². The third kappa shape index (κ3) is 2.21. The van der Waals surface area contributed by atoms with Crippen LogP contribution in [0, 0.1) is 0 Å². The number of hydrogen-bond donors (Lipinski definition) is 3. The maximum Gasteiger partial charge on any atom is 0.489 e. The molecule has 0 saturated carbocycles. The van der Waals surface area contributed by atoms with Crippen LogP contribution >= 0.6 is 11.6 Å². The molecule has 0 atom stereocenters. The first-order valence-corrected chi connectivity index (χ1v) is 3.85. The van der Waals surface area contributed by atoms with Crippen LogP contribution in [0.2, 0.25) is 5.02 Å². The molecule has 0 aliphatic carbocycles. The lowest BCUT2D eigenvalue weighted by Crippen LogP contribution is -2.36. The Morgan fingerprint density at radius 1 is 1.46 bits per heavy atom. The van der Waals surface area contributed by atoms with Gasteiger partial charge in [-0.25, -0.2) is 0 Å².